The van der Waals surface area contributed by atoms with Gasteiger partial charge >= 0.3 is 0 Å². The zero-order chi connectivity index (χ0) is 26.8. The van der Waals surface area contributed by atoms with E-state index in [1.54, 1.807) is 13.4 Å². The number of pyridine rings is 1. The molecule has 0 unspecified atom stereocenters. The van der Waals surface area contributed by atoms with E-state index in [0.717, 1.165) is 47.9 Å². The molecule has 5 aromatic rings. The number of fused-ring (bicyclic) bond motifs is 1. The summed E-state index contributed by atoms with van der Waals surface area (Å²) in [4.78, 5) is 19.0. The molecule has 1 saturated carbocycles. The van der Waals surface area contributed by atoms with Crippen molar-refractivity contribution in [2.75, 3.05) is 7.11 Å². The first-order valence-corrected chi connectivity index (χ1v) is 13.5. The summed E-state index contributed by atoms with van der Waals surface area (Å²) >= 11 is 6.63. The Morgan fingerprint density at radius 1 is 1.13 bits per heavy atom. The maximum absolute atomic E-state index is 13.7. The molecule has 0 bridgehead atoms. The van der Waals surface area contributed by atoms with Gasteiger partial charge in [0.1, 0.15) is 17.6 Å². The number of aromatic nitrogens is 5. The Hall–Kier alpha value is -3.95. The molecule has 9 nitrogen and oxygen atoms in total. The Morgan fingerprint density at radius 3 is 2.74 bits per heavy atom. The molecular formula is C29H29ClN6O3. The lowest BCUT2D eigenvalue weighted by atomic mass is 10.0. The first-order chi connectivity index (χ1) is 19.1. The Kier molecular flexibility index (Phi) is 7.17. The standard InChI is InChI=1S/C29H29ClN6O3/c1-38-22-12-13-26-20(15-22)16-24(29(37)31-26)27(28-32-33-34-36(28)21-8-3-4-9-21)35(18-23-10-6-14-39-23)17-19-7-2-5-11-25(19)30/h2,5-7,10-16,21,27H,3-4,8-9,17-18H2,1H3,(H,31,37)/t27-/m0/s1. The van der Waals surface area contributed by atoms with Crippen LogP contribution in [0.15, 0.2) is 76.1 Å². The highest BCUT2D eigenvalue weighted by Crippen LogP contribution is 2.36. The summed E-state index contributed by atoms with van der Waals surface area (Å²) < 4.78 is 13.1. The van der Waals surface area contributed by atoms with Gasteiger partial charge in [0.15, 0.2) is 5.82 Å². The van der Waals surface area contributed by atoms with Crippen molar-refractivity contribution in [3.63, 3.8) is 0 Å². The molecule has 3 aromatic heterocycles. The highest BCUT2D eigenvalue weighted by atomic mass is 35.5. The lowest BCUT2D eigenvalue weighted by molar-refractivity contribution is 0.176. The number of hydrogen-bond donors (Lipinski definition) is 1. The molecule has 0 aliphatic heterocycles. The van der Waals surface area contributed by atoms with Gasteiger partial charge in [-0.25, -0.2) is 4.68 Å². The van der Waals surface area contributed by atoms with Gasteiger partial charge in [-0.05, 0) is 71.3 Å². The van der Waals surface area contributed by atoms with E-state index < -0.39 is 6.04 Å². The van der Waals surface area contributed by atoms with Crippen molar-refractivity contribution in [3.8, 4) is 5.75 Å². The molecule has 1 aliphatic carbocycles. The van der Waals surface area contributed by atoms with Gasteiger partial charge in [-0.3, -0.25) is 9.69 Å². The molecule has 10 heteroatoms. The average Bonchev–Trinajstić information content (AvgIpc) is 3.73. The molecule has 0 radical (unpaired) electrons. The van der Waals surface area contributed by atoms with Gasteiger partial charge < -0.3 is 14.1 Å². The highest BCUT2D eigenvalue weighted by Gasteiger charge is 2.34. The third-order valence-electron chi connectivity index (χ3n) is 7.44. The van der Waals surface area contributed by atoms with Crippen molar-refractivity contribution in [1.29, 1.82) is 0 Å². The highest BCUT2D eigenvalue weighted by molar-refractivity contribution is 6.31. The second-order valence-corrected chi connectivity index (χ2v) is 10.3. The minimum atomic E-state index is -0.582. The van der Waals surface area contributed by atoms with Crippen LogP contribution < -0.4 is 10.3 Å². The number of hydrogen-bond acceptors (Lipinski definition) is 7. The number of H-pyrrole nitrogens is 1. The fraction of sp³-hybridized carbons (Fsp3) is 0.310. The molecule has 200 valence electrons. The second kappa shape index (κ2) is 11.0. The van der Waals surface area contributed by atoms with E-state index in [4.69, 9.17) is 20.8 Å². The lowest BCUT2D eigenvalue weighted by Gasteiger charge is -2.31. The van der Waals surface area contributed by atoms with E-state index in [1.165, 1.54) is 0 Å². The van der Waals surface area contributed by atoms with E-state index in [9.17, 15) is 4.79 Å². The Morgan fingerprint density at radius 2 is 1.97 bits per heavy atom. The van der Waals surface area contributed by atoms with Crippen LogP contribution in [-0.4, -0.2) is 37.2 Å². The number of ether oxygens (including phenoxy) is 1. The van der Waals surface area contributed by atoms with Crippen molar-refractivity contribution < 1.29 is 9.15 Å². The zero-order valence-electron chi connectivity index (χ0n) is 21.6. The minimum Gasteiger partial charge on any atom is -0.497 e. The van der Waals surface area contributed by atoms with E-state index >= 15 is 0 Å². The largest absolute Gasteiger partial charge is 0.497 e. The number of tetrazole rings is 1. The predicted molar refractivity (Wildman–Crippen MR) is 148 cm³/mol. The molecule has 1 atom stereocenters. The van der Waals surface area contributed by atoms with Crippen LogP contribution in [0.1, 0.15) is 60.5 Å². The Balaban J connectivity index is 1.55. The summed E-state index contributed by atoms with van der Waals surface area (Å²) in [5.41, 5.74) is 1.97. The number of methoxy groups -OCH3 is 1. The second-order valence-electron chi connectivity index (χ2n) is 9.91. The SMILES string of the molecule is COc1ccc2[nH]c(=O)c([C@@H](c3nnnn3C3CCCC3)N(Cc3ccco3)Cc3ccccc3Cl)cc2c1. The third-order valence-corrected chi connectivity index (χ3v) is 7.81. The van der Waals surface area contributed by atoms with Gasteiger partial charge in [0.05, 0.1) is 26.0 Å². The lowest BCUT2D eigenvalue weighted by Crippen LogP contribution is -2.35. The maximum atomic E-state index is 13.7. The van der Waals surface area contributed by atoms with Crippen LogP contribution in [0.5, 0.6) is 5.75 Å². The van der Waals surface area contributed by atoms with Crippen LogP contribution in [0.4, 0.5) is 0 Å². The molecule has 0 spiro atoms. The number of nitrogens with one attached hydrogen (secondary N) is 1. The quantitative estimate of drug-likeness (QED) is 0.255. The van der Waals surface area contributed by atoms with E-state index in [2.05, 4.69) is 25.4 Å². The number of halogens is 1. The van der Waals surface area contributed by atoms with Gasteiger partial charge in [-0.2, -0.15) is 0 Å². The molecule has 3 heterocycles. The Labute approximate surface area is 230 Å². The van der Waals surface area contributed by atoms with Gasteiger partial charge in [0.2, 0.25) is 0 Å². The predicted octanol–water partition coefficient (Wildman–Crippen LogP) is 5.68. The molecule has 0 amide bonds. The number of furan rings is 1. The smallest absolute Gasteiger partial charge is 0.253 e. The fourth-order valence-electron chi connectivity index (χ4n) is 5.51. The van der Waals surface area contributed by atoms with E-state index in [-0.39, 0.29) is 11.6 Å². The summed E-state index contributed by atoms with van der Waals surface area (Å²) in [5, 5.41) is 14.5. The molecular weight excluding hydrogens is 516 g/mol. The molecule has 39 heavy (non-hydrogen) atoms. The molecule has 1 aliphatic rings. The van der Waals surface area contributed by atoms with Crippen molar-refractivity contribution >= 4 is 22.5 Å². The summed E-state index contributed by atoms with van der Waals surface area (Å²) in [7, 11) is 1.63. The normalized spacial score (nSPS) is 14.8. The number of benzene rings is 2. The number of rotatable bonds is 9. The van der Waals surface area contributed by atoms with Crippen LogP contribution in [0.2, 0.25) is 5.02 Å². The molecule has 2 aromatic carbocycles. The first-order valence-electron chi connectivity index (χ1n) is 13.1. The molecule has 6 rings (SSSR count). The topological polar surface area (TPSA) is 102 Å². The van der Waals surface area contributed by atoms with Crippen molar-refractivity contribution in [2.24, 2.45) is 0 Å². The van der Waals surface area contributed by atoms with E-state index in [1.807, 2.05) is 65.3 Å². The molecule has 1 fully saturated rings. The van der Waals surface area contributed by atoms with Crippen LogP contribution in [0.25, 0.3) is 10.9 Å². The minimum absolute atomic E-state index is 0.183. The van der Waals surface area contributed by atoms with Gasteiger partial charge in [-0.1, -0.05) is 42.6 Å². The van der Waals surface area contributed by atoms with Crippen LogP contribution in [0, 0.1) is 0 Å². The van der Waals surface area contributed by atoms with Crippen LogP contribution in [0.3, 0.4) is 0 Å². The summed E-state index contributed by atoms with van der Waals surface area (Å²) in [6.07, 6.45) is 5.90. The molecule has 1 N–H and O–H groups in total. The average molecular weight is 545 g/mol. The van der Waals surface area contributed by atoms with Crippen LogP contribution >= 0.6 is 11.6 Å². The van der Waals surface area contributed by atoms with Gasteiger partial charge in [0, 0.05) is 28.0 Å². The summed E-state index contributed by atoms with van der Waals surface area (Å²) in [6.45, 7) is 0.855. The van der Waals surface area contributed by atoms with E-state index in [0.29, 0.717) is 35.2 Å². The third kappa shape index (κ3) is 5.20. The number of nitrogens with zero attached hydrogens (tertiary/aromatic N) is 5. The van der Waals surface area contributed by atoms with Gasteiger partial charge in [-0.15, -0.1) is 5.10 Å². The van der Waals surface area contributed by atoms with Crippen molar-refractivity contribution in [2.45, 2.75) is 50.9 Å². The summed E-state index contributed by atoms with van der Waals surface area (Å²) in [5.74, 6) is 2.08. The number of aromatic amines is 1. The maximum Gasteiger partial charge on any atom is 0.253 e. The zero-order valence-corrected chi connectivity index (χ0v) is 22.3. The first kappa shape index (κ1) is 25.3. The Bertz CT molecular complexity index is 1620. The summed E-state index contributed by atoms with van der Waals surface area (Å²) in [6, 6.07) is 18.6. The van der Waals surface area contributed by atoms with Crippen molar-refractivity contribution in [3.05, 3.63) is 105 Å². The monoisotopic (exact) mass is 544 g/mol. The molecule has 0 saturated heterocycles. The fourth-order valence-corrected chi connectivity index (χ4v) is 5.70. The van der Waals surface area contributed by atoms with Crippen LogP contribution in [-0.2, 0) is 13.1 Å². The van der Waals surface area contributed by atoms with Gasteiger partial charge in [0.25, 0.3) is 5.56 Å². The van der Waals surface area contributed by atoms with Crippen molar-refractivity contribution in [1.82, 2.24) is 30.1 Å².